The first-order chi connectivity index (χ1) is 29.2. The second-order valence-electron chi connectivity index (χ2n) is 18.7. The molecule has 0 bridgehead atoms. The van der Waals surface area contributed by atoms with Crippen LogP contribution < -0.4 is 0 Å². The van der Waals surface area contributed by atoms with Crippen molar-refractivity contribution in [2.24, 2.45) is 0 Å². The average Bonchev–Trinajstić information content (AvgIpc) is 3.62. The van der Waals surface area contributed by atoms with Crippen LogP contribution in [0.4, 0.5) is 0 Å². The molecule has 8 rings (SSSR count). The number of hydrogen-bond donors (Lipinski definition) is 1. The fraction of sp³-hybridized carbons (Fsp3) is 0.236. The largest absolute Gasteiger partial charge is 0.507 e. The fourth-order valence-corrected chi connectivity index (χ4v) is 7.79. The van der Waals surface area contributed by atoms with Gasteiger partial charge in [0.15, 0.2) is 0 Å². The number of pyridine rings is 1. The molecule has 2 aromatic heterocycles. The predicted molar refractivity (Wildman–Crippen MR) is 247 cm³/mol. The van der Waals surface area contributed by atoms with Gasteiger partial charge >= 0.3 is 0 Å². The summed E-state index contributed by atoms with van der Waals surface area (Å²) in [6.45, 7) is 17.6. The van der Waals surface area contributed by atoms with E-state index in [-0.39, 0.29) is 43.1 Å². The molecule has 8 aromatic rings. The van der Waals surface area contributed by atoms with E-state index in [4.69, 9.17) is 14.1 Å². The van der Waals surface area contributed by atoms with Crippen molar-refractivity contribution in [1.82, 2.24) is 14.5 Å². The Hall–Kier alpha value is -5.57. The number of fused-ring (bicyclic) bond motifs is 1. The minimum atomic E-state index is -2.16. The molecule has 0 spiro atoms. The zero-order chi connectivity index (χ0) is 44.4. The summed E-state index contributed by atoms with van der Waals surface area (Å²) in [6.07, 6.45) is 1.77. The number of rotatable bonds is 6. The van der Waals surface area contributed by atoms with Gasteiger partial charge in [0, 0.05) is 48.2 Å². The van der Waals surface area contributed by atoms with E-state index in [0.717, 1.165) is 72.5 Å². The molecule has 0 saturated heterocycles. The van der Waals surface area contributed by atoms with E-state index in [9.17, 15) is 5.11 Å². The summed E-state index contributed by atoms with van der Waals surface area (Å²) < 4.78 is 25.6. The topological polar surface area (TPSA) is 50.9 Å². The Kier molecular flexibility index (Phi) is 10.4. The van der Waals surface area contributed by atoms with Gasteiger partial charge in [-0.3, -0.25) is 9.55 Å². The van der Waals surface area contributed by atoms with Crippen molar-refractivity contribution in [2.45, 2.75) is 85.4 Å². The van der Waals surface area contributed by atoms with E-state index in [1.807, 2.05) is 42.5 Å². The van der Waals surface area contributed by atoms with Crippen LogP contribution in [0.5, 0.6) is 5.75 Å². The Morgan fingerprint density at radius 2 is 1.27 bits per heavy atom. The standard InChI is InChI=1S/C55H54N3O.Pt/c1-35-22-24-36(25-23-35)38-28-29-56-47(31-38)40-19-14-18-39(30-40)43-20-15-21-49-50(43)57-52(45-33-42(54(5,6)7)34-46(51(45)59)55(8,9)10)58(49)48-27-26-41(53(2,3)4)32-44(48)37-16-12-11-13-17-37;/h11-29,31-34,59H,1-10H3;/q-1;/i1D3;. The van der Waals surface area contributed by atoms with Crippen molar-refractivity contribution in [3.05, 3.63) is 168 Å². The zero-order valence-electron chi connectivity index (χ0n) is 38.9. The number of aryl methyl sites for hydroxylation is 1. The fourth-order valence-electron chi connectivity index (χ4n) is 7.79. The molecule has 1 N–H and O–H groups in total. The number of phenols is 1. The normalized spacial score (nSPS) is 13.1. The molecule has 60 heavy (non-hydrogen) atoms. The van der Waals surface area contributed by atoms with E-state index in [0.29, 0.717) is 17.0 Å². The van der Waals surface area contributed by atoms with Gasteiger partial charge in [-0.25, -0.2) is 4.98 Å². The van der Waals surface area contributed by atoms with Crippen molar-refractivity contribution in [3.63, 3.8) is 0 Å². The van der Waals surface area contributed by atoms with Crippen LogP contribution in [0.15, 0.2) is 140 Å². The Morgan fingerprint density at radius 3 is 1.95 bits per heavy atom. The van der Waals surface area contributed by atoms with Gasteiger partial charge in [0.2, 0.25) is 0 Å². The Bertz CT molecular complexity index is 2950. The van der Waals surface area contributed by atoms with Crippen LogP contribution in [-0.4, -0.2) is 19.6 Å². The summed E-state index contributed by atoms with van der Waals surface area (Å²) in [5.74, 6) is 0.876. The second kappa shape index (κ2) is 16.1. The molecule has 4 nitrogen and oxygen atoms in total. The number of aromatic hydroxyl groups is 1. The molecule has 6 aromatic carbocycles. The quantitative estimate of drug-likeness (QED) is 0.169. The zero-order valence-corrected chi connectivity index (χ0v) is 38.2. The van der Waals surface area contributed by atoms with E-state index in [1.165, 1.54) is 5.56 Å². The van der Waals surface area contributed by atoms with Crippen LogP contribution in [0.2, 0.25) is 0 Å². The van der Waals surface area contributed by atoms with Crippen LogP contribution in [0.3, 0.4) is 0 Å². The second-order valence-corrected chi connectivity index (χ2v) is 18.7. The summed E-state index contributed by atoms with van der Waals surface area (Å²) in [4.78, 5) is 10.3. The average molecular weight is 971 g/mol. The number of benzene rings is 6. The third-order valence-corrected chi connectivity index (χ3v) is 11.2. The van der Waals surface area contributed by atoms with Gasteiger partial charge in [-0.15, -0.1) is 29.8 Å². The van der Waals surface area contributed by atoms with Crippen LogP contribution in [0.1, 0.15) is 88.7 Å². The van der Waals surface area contributed by atoms with Crippen molar-refractivity contribution < 1.29 is 30.3 Å². The maximum absolute atomic E-state index is 12.4. The number of para-hydroxylation sites is 1. The number of aromatic nitrogens is 3. The summed E-state index contributed by atoms with van der Waals surface area (Å²) >= 11 is 0. The van der Waals surface area contributed by atoms with E-state index in [1.54, 1.807) is 18.3 Å². The van der Waals surface area contributed by atoms with E-state index in [2.05, 4.69) is 152 Å². The predicted octanol–water partition coefficient (Wildman–Crippen LogP) is 14.5. The summed E-state index contributed by atoms with van der Waals surface area (Å²) in [6, 6.07) is 48.5. The SMILES string of the molecule is [2H]C([2H])([2H])c1ccc(-c2ccnc(-c3[c-]c(-c4cccc5c4nc(-c4cc(C(C)(C)C)cc(C(C)(C)C)c4O)n5-c4ccc(C(C)(C)C)cc4-c4ccccc4)ccc3)c2)cc1.[Pt]. The Morgan fingerprint density at radius 1 is 0.583 bits per heavy atom. The van der Waals surface area contributed by atoms with Gasteiger partial charge < -0.3 is 5.11 Å². The van der Waals surface area contributed by atoms with E-state index >= 15 is 0 Å². The summed E-state index contributed by atoms with van der Waals surface area (Å²) in [5, 5.41) is 12.4. The minimum absolute atomic E-state index is 0. The van der Waals surface area contributed by atoms with E-state index < -0.39 is 6.85 Å². The first-order valence-corrected chi connectivity index (χ1v) is 20.4. The first-order valence-electron chi connectivity index (χ1n) is 21.9. The first kappa shape index (κ1) is 38.6. The molecule has 0 fully saturated rings. The molecule has 0 atom stereocenters. The Balaban J connectivity index is 0.00000595. The van der Waals surface area contributed by atoms with Crippen LogP contribution in [0, 0.1) is 12.9 Å². The molecule has 0 radical (unpaired) electrons. The molecule has 0 amide bonds. The van der Waals surface area contributed by atoms with Crippen LogP contribution in [0.25, 0.3) is 72.7 Å². The van der Waals surface area contributed by atoms with Gasteiger partial charge in [0.1, 0.15) is 11.6 Å². The molecule has 2 heterocycles. The number of hydrogen-bond acceptors (Lipinski definition) is 3. The van der Waals surface area contributed by atoms with Gasteiger partial charge in [-0.1, -0.05) is 164 Å². The molecule has 0 saturated carbocycles. The molecule has 0 unspecified atom stereocenters. The van der Waals surface area contributed by atoms with Crippen molar-refractivity contribution in [2.75, 3.05) is 0 Å². The number of phenolic OH excluding ortho intramolecular Hbond substituents is 1. The summed E-state index contributed by atoms with van der Waals surface area (Å²) in [5.41, 5.74) is 13.5. The molecule has 0 aliphatic heterocycles. The summed E-state index contributed by atoms with van der Waals surface area (Å²) in [7, 11) is 0. The molecular formula is C55H54N3OPt-. The van der Waals surface area contributed by atoms with Crippen LogP contribution >= 0.6 is 0 Å². The third kappa shape index (κ3) is 8.28. The minimum Gasteiger partial charge on any atom is -0.507 e. The van der Waals surface area contributed by atoms with Gasteiger partial charge in [0.25, 0.3) is 0 Å². The van der Waals surface area contributed by atoms with Crippen molar-refractivity contribution in [3.8, 4) is 67.5 Å². The molecular weight excluding hydrogens is 914 g/mol. The number of imidazole rings is 1. The maximum atomic E-state index is 12.4. The monoisotopic (exact) mass is 970 g/mol. The van der Waals surface area contributed by atoms with Gasteiger partial charge in [0.05, 0.1) is 22.3 Å². The van der Waals surface area contributed by atoms with Gasteiger partial charge in [-0.05, 0) is 81.2 Å². The van der Waals surface area contributed by atoms with Crippen molar-refractivity contribution in [1.29, 1.82) is 0 Å². The maximum Gasteiger partial charge on any atom is 0.148 e. The third-order valence-electron chi connectivity index (χ3n) is 11.2. The molecule has 5 heteroatoms. The molecule has 0 aliphatic rings. The smallest absolute Gasteiger partial charge is 0.148 e. The van der Waals surface area contributed by atoms with Crippen molar-refractivity contribution >= 4 is 11.0 Å². The van der Waals surface area contributed by atoms with Crippen LogP contribution in [-0.2, 0) is 37.3 Å². The molecule has 306 valence electrons. The Labute approximate surface area is 374 Å². The molecule has 0 aliphatic carbocycles. The van der Waals surface area contributed by atoms with Gasteiger partial charge in [-0.2, -0.15) is 0 Å². The number of nitrogens with zero attached hydrogens (tertiary/aromatic N) is 3.